The molecule has 1 saturated carbocycles. The SMILES string of the molecule is C=O.CCC1CC[NH+](Cc2nc(C(O)(c3ccccc3)C3CCCCC3)no2)CC1OCc1ccccc1. The summed E-state index contributed by atoms with van der Waals surface area (Å²) in [5, 5.41) is 16.4. The Kier molecular flexibility index (Phi) is 10.2. The number of hydrogen-bond acceptors (Lipinski definition) is 6. The molecule has 2 N–H and O–H groups in total. The van der Waals surface area contributed by atoms with Gasteiger partial charge in [0.05, 0.1) is 13.2 Å². The van der Waals surface area contributed by atoms with Crippen molar-refractivity contribution in [3.63, 3.8) is 0 Å². The summed E-state index contributed by atoms with van der Waals surface area (Å²) < 4.78 is 12.2. The molecule has 7 heteroatoms. The largest absolute Gasteiger partial charge is 0.377 e. The molecule has 2 aliphatic rings. The number of likely N-dealkylation sites (tertiary alicyclic amines) is 1. The number of carbonyl (C=O) groups excluding carboxylic acids is 1. The van der Waals surface area contributed by atoms with Crippen molar-refractivity contribution in [1.82, 2.24) is 10.1 Å². The zero-order valence-corrected chi connectivity index (χ0v) is 22.6. The molecule has 2 heterocycles. The van der Waals surface area contributed by atoms with Crippen LogP contribution in [0.1, 0.15) is 74.7 Å². The molecule has 0 spiro atoms. The monoisotopic (exact) mass is 520 g/mol. The fraction of sp³-hybridized carbons (Fsp3) is 0.516. The number of carbonyl (C=O) groups is 1. The van der Waals surface area contributed by atoms with E-state index in [0.29, 0.717) is 30.8 Å². The summed E-state index contributed by atoms with van der Waals surface area (Å²) in [6, 6.07) is 20.3. The molecule has 0 amide bonds. The topological polar surface area (TPSA) is 89.9 Å². The Balaban J connectivity index is 0.00000164. The van der Waals surface area contributed by atoms with Crippen LogP contribution in [0.15, 0.2) is 65.2 Å². The van der Waals surface area contributed by atoms with Gasteiger partial charge in [0.2, 0.25) is 5.82 Å². The summed E-state index contributed by atoms with van der Waals surface area (Å²) in [6.45, 7) is 7.55. The van der Waals surface area contributed by atoms with Gasteiger partial charge in [-0.1, -0.05) is 98.4 Å². The lowest BCUT2D eigenvalue weighted by atomic mass is 9.73. The lowest BCUT2D eigenvalue weighted by Gasteiger charge is -2.36. The predicted molar refractivity (Wildman–Crippen MR) is 145 cm³/mol. The Morgan fingerprint density at radius 2 is 1.71 bits per heavy atom. The summed E-state index contributed by atoms with van der Waals surface area (Å²) in [5.41, 5.74) is 0.855. The van der Waals surface area contributed by atoms with Crippen LogP contribution >= 0.6 is 0 Å². The van der Waals surface area contributed by atoms with Crippen LogP contribution in [0, 0.1) is 11.8 Å². The third-order valence-corrected chi connectivity index (χ3v) is 8.34. The Morgan fingerprint density at radius 1 is 1.03 bits per heavy atom. The molecule has 0 radical (unpaired) electrons. The molecule has 1 aliphatic carbocycles. The van der Waals surface area contributed by atoms with Gasteiger partial charge in [0.25, 0.3) is 5.89 Å². The van der Waals surface area contributed by atoms with Gasteiger partial charge >= 0.3 is 0 Å². The van der Waals surface area contributed by atoms with Crippen molar-refractivity contribution >= 4 is 6.79 Å². The Hall–Kier alpha value is -2.87. The highest BCUT2D eigenvalue weighted by atomic mass is 16.5. The predicted octanol–water partition coefficient (Wildman–Crippen LogP) is 4.10. The molecule has 2 aromatic carbocycles. The minimum Gasteiger partial charge on any atom is -0.377 e. The van der Waals surface area contributed by atoms with E-state index in [2.05, 4.69) is 36.3 Å². The quantitative estimate of drug-likeness (QED) is 0.442. The lowest BCUT2D eigenvalue weighted by Crippen LogP contribution is -3.13. The third-order valence-electron chi connectivity index (χ3n) is 8.34. The van der Waals surface area contributed by atoms with Crippen molar-refractivity contribution in [2.45, 2.75) is 76.7 Å². The van der Waals surface area contributed by atoms with Crippen molar-refractivity contribution in [1.29, 1.82) is 0 Å². The van der Waals surface area contributed by atoms with Crippen molar-refractivity contribution in [3.05, 3.63) is 83.5 Å². The summed E-state index contributed by atoms with van der Waals surface area (Å²) in [5.74, 6) is 1.69. The van der Waals surface area contributed by atoms with E-state index < -0.39 is 5.60 Å². The molecule has 3 aromatic rings. The summed E-state index contributed by atoms with van der Waals surface area (Å²) >= 11 is 0. The van der Waals surface area contributed by atoms with E-state index in [-0.39, 0.29) is 12.0 Å². The first-order valence-electron chi connectivity index (χ1n) is 14.1. The van der Waals surface area contributed by atoms with E-state index in [1.807, 2.05) is 43.2 Å². The standard InChI is InChI=1S/C30H39N3O3.CH2O/c1-2-24-18-19-33(20-27(24)35-22-23-12-6-3-7-13-23)21-28-31-29(32-36-28)30(34,25-14-8-4-9-15-25)26-16-10-5-11-17-26;1-2/h3-4,6-9,12-15,24,26-27,34H,2,5,10-11,16-22H2,1H3;1H2/p+1. The van der Waals surface area contributed by atoms with Crippen LogP contribution in [-0.4, -0.2) is 41.2 Å². The number of hydrogen-bond donors (Lipinski definition) is 2. The molecule has 38 heavy (non-hydrogen) atoms. The van der Waals surface area contributed by atoms with Crippen molar-refractivity contribution in [3.8, 4) is 0 Å². The molecule has 7 nitrogen and oxygen atoms in total. The number of aromatic nitrogens is 2. The number of aliphatic hydroxyl groups is 1. The van der Waals surface area contributed by atoms with Crippen LogP contribution in [0.5, 0.6) is 0 Å². The van der Waals surface area contributed by atoms with Crippen LogP contribution in [-0.2, 0) is 28.3 Å². The van der Waals surface area contributed by atoms with Crippen LogP contribution in [0.25, 0.3) is 0 Å². The number of benzene rings is 2. The van der Waals surface area contributed by atoms with Crippen molar-refractivity contribution < 1.29 is 24.1 Å². The first-order valence-corrected chi connectivity index (χ1v) is 14.1. The zero-order chi connectivity index (χ0) is 26.8. The second-order valence-electron chi connectivity index (χ2n) is 10.7. The highest BCUT2D eigenvalue weighted by Crippen LogP contribution is 2.42. The van der Waals surface area contributed by atoms with Crippen molar-refractivity contribution in [2.24, 2.45) is 11.8 Å². The number of nitrogens with zero attached hydrogens (tertiary/aromatic N) is 2. The number of quaternary nitrogens is 1. The minimum absolute atomic E-state index is 0.0995. The van der Waals surface area contributed by atoms with Crippen LogP contribution in [0.2, 0.25) is 0 Å². The van der Waals surface area contributed by atoms with Gasteiger partial charge in [0.1, 0.15) is 19.4 Å². The average Bonchev–Trinajstić information content (AvgIpc) is 3.47. The van der Waals surface area contributed by atoms with E-state index in [1.165, 1.54) is 16.9 Å². The van der Waals surface area contributed by atoms with Gasteiger partial charge in [0.15, 0.2) is 12.1 Å². The Labute approximate surface area is 226 Å². The number of ether oxygens (including phenoxy) is 1. The normalized spacial score (nSPS) is 23.7. The first kappa shape index (κ1) is 28.1. The van der Waals surface area contributed by atoms with E-state index in [1.54, 1.807) is 0 Å². The molecular formula is C31H42N3O4+. The molecule has 1 aromatic heterocycles. The fourth-order valence-electron chi connectivity index (χ4n) is 6.18. The molecule has 5 rings (SSSR count). The van der Waals surface area contributed by atoms with Crippen LogP contribution in [0.4, 0.5) is 0 Å². The Bertz CT molecular complexity index is 1090. The molecule has 1 saturated heterocycles. The maximum Gasteiger partial charge on any atom is 0.281 e. The highest BCUT2D eigenvalue weighted by Gasteiger charge is 2.45. The molecule has 1 aliphatic heterocycles. The summed E-state index contributed by atoms with van der Waals surface area (Å²) in [4.78, 5) is 14.2. The number of piperidine rings is 1. The third kappa shape index (κ3) is 6.57. The molecule has 0 bridgehead atoms. The van der Waals surface area contributed by atoms with Gasteiger partial charge in [-0.25, -0.2) is 0 Å². The number of rotatable bonds is 9. The molecule has 4 unspecified atom stereocenters. The summed E-state index contributed by atoms with van der Waals surface area (Å²) in [6.07, 6.45) is 7.91. The van der Waals surface area contributed by atoms with E-state index >= 15 is 0 Å². The minimum atomic E-state index is -1.21. The van der Waals surface area contributed by atoms with Crippen LogP contribution < -0.4 is 4.90 Å². The number of nitrogens with one attached hydrogen (secondary N) is 1. The van der Waals surface area contributed by atoms with Crippen LogP contribution in [0.3, 0.4) is 0 Å². The second-order valence-corrected chi connectivity index (χ2v) is 10.7. The first-order chi connectivity index (χ1) is 18.7. The van der Waals surface area contributed by atoms with E-state index in [4.69, 9.17) is 19.0 Å². The maximum absolute atomic E-state index is 12.1. The van der Waals surface area contributed by atoms with E-state index in [0.717, 1.165) is 57.2 Å². The van der Waals surface area contributed by atoms with Gasteiger partial charge in [-0.05, 0) is 35.8 Å². The molecule has 2 fully saturated rings. The molecule has 4 atom stereocenters. The smallest absolute Gasteiger partial charge is 0.281 e. The van der Waals surface area contributed by atoms with Gasteiger partial charge in [0, 0.05) is 6.42 Å². The van der Waals surface area contributed by atoms with Crippen molar-refractivity contribution in [2.75, 3.05) is 13.1 Å². The highest BCUT2D eigenvalue weighted by molar-refractivity contribution is 5.30. The average molecular weight is 521 g/mol. The van der Waals surface area contributed by atoms with Gasteiger partial charge in [-0.15, -0.1) is 0 Å². The van der Waals surface area contributed by atoms with Gasteiger partial charge in [-0.3, -0.25) is 0 Å². The van der Waals surface area contributed by atoms with Gasteiger partial charge in [-0.2, -0.15) is 4.98 Å². The molecular weight excluding hydrogens is 478 g/mol. The van der Waals surface area contributed by atoms with Gasteiger partial charge < -0.3 is 24.1 Å². The molecule has 204 valence electrons. The maximum atomic E-state index is 12.1. The lowest BCUT2D eigenvalue weighted by molar-refractivity contribution is -0.924. The fourth-order valence-corrected chi connectivity index (χ4v) is 6.18. The second kappa shape index (κ2) is 13.8. The summed E-state index contributed by atoms with van der Waals surface area (Å²) in [7, 11) is 0. The zero-order valence-electron chi connectivity index (χ0n) is 22.6. The van der Waals surface area contributed by atoms with E-state index in [9.17, 15) is 5.11 Å². The Morgan fingerprint density at radius 3 is 2.39 bits per heavy atom.